The molecule has 5 heteroatoms. The van der Waals surface area contributed by atoms with E-state index in [9.17, 15) is 4.39 Å². The second-order valence-corrected chi connectivity index (χ2v) is 3.69. The van der Waals surface area contributed by atoms with Crippen molar-refractivity contribution < 1.29 is 14.0 Å². The highest BCUT2D eigenvalue weighted by molar-refractivity contribution is 5.68. The minimum absolute atomic E-state index is 0.0983. The first-order chi connectivity index (χ1) is 7.45. The monoisotopic (exact) mass is 228 g/mol. The Labute approximate surface area is 94.7 Å². The fourth-order valence-electron chi connectivity index (χ4n) is 1.27. The van der Waals surface area contributed by atoms with Crippen molar-refractivity contribution in [2.24, 2.45) is 0 Å². The number of nitrogens with zero attached hydrogens (tertiary/aromatic N) is 1. The van der Waals surface area contributed by atoms with Gasteiger partial charge in [0.15, 0.2) is 11.6 Å². The van der Waals surface area contributed by atoms with E-state index in [1.165, 1.54) is 24.3 Å². The molecule has 0 aliphatic rings. The van der Waals surface area contributed by atoms with Crippen molar-refractivity contribution in [1.29, 1.82) is 0 Å². The fourth-order valence-corrected chi connectivity index (χ4v) is 1.27. The van der Waals surface area contributed by atoms with E-state index in [0.29, 0.717) is 11.4 Å². The maximum absolute atomic E-state index is 13.5. The lowest BCUT2D eigenvalue weighted by atomic mass is 10.2. The summed E-state index contributed by atoms with van der Waals surface area (Å²) in [5.74, 6) is -0.303. The summed E-state index contributed by atoms with van der Waals surface area (Å²) in [6, 6.07) is 2.75. The predicted molar refractivity (Wildman–Crippen MR) is 62.0 cm³/mol. The van der Waals surface area contributed by atoms with Crippen LogP contribution in [0, 0.1) is 5.82 Å². The number of benzene rings is 1. The molecule has 0 aliphatic carbocycles. The van der Waals surface area contributed by atoms with Gasteiger partial charge in [0.2, 0.25) is 0 Å². The minimum atomic E-state index is -0.473. The van der Waals surface area contributed by atoms with Crippen molar-refractivity contribution in [3.05, 3.63) is 17.9 Å². The van der Waals surface area contributed by atoms with Gasteiger partial charge in [-0.15, -0.1) is 0 Å². The zero-order valence-electron chi connectivity index (χ0n) is 9.95. The van der Waals surface area contributed by atoms with Gasteiger partial charge >= 0.3 is 0 Å². The van der Waals surface area contributed by atoms with Crippen molar-refractivity contribution in [3.8, 4) is 5.75 Å². The molecule has 0 amide bonds. The van der Waals surface area contributed by atoms with E-state index in [1.807, 2.05) is 13.8 Å². The number of hydrogen-bond acceptors (Lipinski definition) is 4. The van der Waals surface area contributed by atoms with Crippen LogP contribution in [0.15, 0.2) is 12.1 Å². The molecule has 0 spiro atoms. The Hall–Kier alpha value is -1.49. The summed E-state index contributed by atoms with van der Waals surface area (Å²) in [5.41, 5.74) is 6.55. The molecule has 0 aliphatic heterocycles. The van der Waals surface area contributed by atoms with Crippen LogP contribution in [-0.4, -0.2) is 20.3 Å². The van der Waals surface area contributed by atoms with Gasteiger partial charge in [0, 0.05) is 19.2 Å². The lowest BCUT2D eigenvalue weighted by molar-refractivity contribution is 0.184. The average Bonchev–Trinajstić information content (AvgIpc) is 2.20. The number of nitrogens with two attached hydrogens (primary N) is 1. The maximum Gasteiger partial charge on any atom is 0.167 e. The van der Waals surface area contributed by atoms with E-state index in [1.54, 1.807) is 7.05 Å². The first kappa shape index (κ1) is 12.6. The van der Waals surface area contributed by atoms with Gasteiger partial charge in [-0.2, -0.15) is 0 Å². The Morgan fingerprint density at radius 3 is 2.50 bits per heavy atom. The summed E-state index contributed by atoms with van der Waals surface area (Å²) in [5, 5.41) is 1.45. The van der Waals surface area contributed by atoms with Crippen molar-refractivity contribution in [2.45, 2.75) is 20.0 Å². The molecule has 0 radical (unpaired) electrons. The molecule has 0 heterocycles. The standard InChI is InChI=1S/C11H17FN2O2/c1-7(2)16-11-6-10(14(3)15-4)9(13)5-8(11)12/h5-7H,13H2,1-4H3. The summed E-state index contributed by atoms with van der Waals surface area (Å²) in [4.78, 5) is 4.99. The van der Waals surface area contributed by atoms with E-state index < -0.39 is 5.82 Å². The van der Waals surface area contributed by atoms with E-state index in [2.05, 4.69) is 0 Å². The zero-order chi connectivity index (χ0) is 12.3. The van der Waals surface area contributed by atoms with Crippen molar-refractivity contribution in [3.63, 3.8) is 0 Å². The van der Waals surface area contributed by atoms with Gasteiger partial charge in [0.25, 0.3) is 0 Å². The Bertz CT molecular complexity index is 369. The highest BCUT2D eigenvalue weighted by Gasteiger charge is 2.13. The third-order valence-electron chi connectivity index (χ3n) is 2.06. The molecule has 0 saturated heterocycles. The molecule has 1 aromatic rings. The van der Waals surface area contributed by atoms with E-state index >= 15 is 0 Å². The molecule has 16 heavy (non-hydrogen) atoms. The number of anilines is 2. The molecule has 90 valence electrons. The van der Waals surface area contributed by atoms with Crippen LogP contribution in [-0.2, 0) is 4.84 Å². The molecule has 0 aromatic heterocycles. The minimum Gasteiger partial charge on any atom is -0.488 e. The number of ether oxygens (including phenoxy) is 1. The summed E-state index contributed by atoms with van der Waals surface area (Å²) >= 11 is 0. The van der Waals surface area contributed by atoms with Gasteiger partial charge in [-0.3, -0.25) is 9.90 Å². The molecule has 2 N–H and O–H groups in total. The summed E-state index contributed by atoms with van der Waals surface area (Å²) in [7, 11) is 3.19. The second kappa shape index (κ2) is 5.03. The molecule has 0 fully saturated rings. The normalized spacial score (nSPS) is 10.6. The van der Waals surface area contributed by atoms with Crippen molar-refractivity contribution >= 4 is 11.4 Å². The Balaban J connectivity index is 3.11. The van der Waals surface area contributed by atoms with Gasteiger partial charge in [-0.25, -0.2) is 4.39 Å². The number of rotatable bonds is 4. The zero-order valence-corrected chi connectivity index (χ0v) is 9.95. The van der Waals surface area contributed by atoms with Crippen LogP contribution in [0.5, 0.6) is 5.75 Å². The van der Waals surface area contributed by atoms with Gasteiger partial charge in [0.05, 0.1) is 24.6 Å². The Morgan fingerprint density at radius 2 is 2.00 bits per heavy atom. The van der Waals surface area contributed by atoms with Crippen LogP contribution < -0.4 is 15.5 Å². The van der Waals surface area contributed by atoms with Crippen molar-refractivity contribution in [2.75, 3.05) is 25.0 Å². The van der Waals surface area contributed by atoms with E-state index in [-0.39, 0.29) is 11.9 Å². The van der Waals surface area contributed by atoms with Crippen LogP contribution in [0.3, 0.4) is 0 Å². The number of nitrogen functional groups attached to an aromatic ring is 1. The highest BCUT2D eigenvalue weighted by Crippen LogP contribution is 2.30. The van der Waals surface area contributed by atoms with Crippen molar-refractivity contribution in [1.82, 2.24) is 0 Å². The molecule has 4 nitrogen and oxygen atoms in total. The van der Waals surface area contributed by atoms with Gasteiger partial charge < -0.3 is 10.5 Å². The first-order valence-electron chi connectivity index (χ1n) is 4.99. The lowest BCUT2D eigenvalue weighted by Gasteiger charge is -2.20. The topological polar surface area (TPSA) is 47.7 Å². The van der Waals surface area contributed by atoms with Gasteiger partial charge in [0.1, 0.15) is 0 Å². The molecular formula is C11H17FN2O2. The van der Waals surface area contributed by atoms with Gasteiger partial charge in [-0.1, -0.05) is 0 Å². The second-order valence-electron chi connectivity index (χ2n) is 3.69. The summed E-state index contributed by atoms with van der Waals surface area (Å²) in [6.07, 6.45) is -0.0983. The van der Waals surface area contributed by atoms with E-state index in [4.69, 9.17) is 15.3 Å². The number of hydroxylamine groups is 1. The number of halogens is 1. The predicted octanol–water partition coefficient (Wildman–Crippen LogP) is 2.19. The van der Waals surface area contributed by atoms with Crippen LogP contribution in [0.25, 0.3) is 0 Å². The molecule has 0 atom stereocenters. The van der Waals surface area contributed by atoms with Crippen LogP contribution in [0.1, 0.15) is 13.8 Å². The third kappa shape index (κ3) is 2.76. The molecular weight excluding hydrogens is 211 g/mol. The lowest BCUT2D eigenvalue weighted by Crippen LogP contribution is -2.17. The SMILES string of the molecule is CON(C)c1cc(OC(C)C)c(F)cc1N. The molecule has 0 bridgehead atoms. The molecule has 1 aromatic carbocycles. The third-order valence-corrected chi connectivity index (χ3v) is 2.06. The van der Waals surface area contributed by atoms with Gasteiger partial charge in [-0.05, 0) is 13.8 Å². The fraction of sp³-hybridized carbons (Fsp3) is 0.455. The average molecular weight is 228 g/mol. The Kier molecular flexibility index (Phi) is 3.95. The smallest absolute Gasteiger partial charge is 0.167 e. The largest absolute Gasteiger partial charge is 0.488 e. The summed E-state index contributed by atoms with van der Waals surface area (Å²) in [6.45, 7) is 3.66. The number of hydrogen-bond donors (Lipinski definition) is 1. The Morgan fingerprint density at radius 1 is 1.38 bits per heavy atom. The van der Waals surface area contributed by atoms with Crippen LogP contribution in [0.4, 0.5) is 15.8 Å². The first-order valence-corrected chi connectivity index (χ1v) is 4.99. The quantitative estimate of drug-likeness (QED) is 0.634. The summed E-state index contributed by atoms with van der Waals surface area (Å²) < 4.78 is 18.8. The van der Waals surface area contributed by atoms with Crippen LogP contribution >= 0.6 is 0 Å². The molecule has 0 saturated carbocycles. The van der Waals surface area contributed by atoms with Crippen LogP contribution in [0.2, 0.25) is 0 Å². The highest BCUT2D eigenvalue weighted by atomic mass is 19.1. The molecule has 1 rings (SSSR count). The maximum atomic E-state index is 13.5. The van der Waals surface area contributed by atoms with E-state index in [0.717, 1.165) is 0 Å². The molecule has 0 unspecified atom stereocenters.